The number of carbonyl (C=O) groups is 3. The first-order valence-electron chi connectivity index (χ1n) is 11.3. The third-order valence-corrected chi connectivity index (χ3v) is 8.70. The Balaban J connectivity index is 1.50. The fourth-order valence-electron chi connectivity index (χ4n) is 4.71. The van der Waals surface area contributed by atoms with Crippen molar-refractivity contribution in [2.24, 2.45) is 5.92 Å². The van der Waals surface area contributed by atoms with E-state index >= 15 is 0 Å². The summed E-state index contributed by atoms with van der Waals surface area (Å²) in [4.78, 5) is 38.3. The Morgan fingerprint density at radius 3 is 2.41 bits per heavy atom. The van der Waals surface area contributed by atoms with Gasteiger partial charge in [-0.15, -0.1) is 0 Å². The molecule has 2 saturated heterocycles. The Labute approximate surface area is 188 Å². The lowest BCUT2D eigenvalue weighted by Crippen LogP contribution is -2.51. The lowest BCUT2D eigenvalue weighted by molar-refractivity contribution is -0.134. The highest BCUT2D eigenvalue weighted by atomic mass is 32.2. The quantitative estimate of drug-likeness (QED) is 0.667. The summed E-state index contributed by atoms with van der Waals surface area (Å²) in [5.41, 5.74) is 1.48. The molecule has 4 rings (SSSR count). The van der Waals surface area contributed by atoms with Crippen molar-refractivity contribution in [1.82, 2.24) is 20.1 Å². The lowest BCUT2D eigenvalue weighted by Gasteiger charge is -2.33. The SMILES string of the molecule is CC1CCC2(CC1)NC(=O)N(NC(=O)c1cccc(S(=O)(=O)N3CCCCCC3)c1)C2=O. The number of sulfonamides is 1. The molecule has 1 spiro atoms. The van der Waals surface area contributed by atoms with E-state index in [1.165, 1.54) is 28.6 Å². The zero-order valence-corrected chi connectivity index (χ0v) is 19.1. The zero-order chi connectivity index (χ0) is 22.9. The van der Waals surface area contributed by atoms with Gasteiger partial charge < -0.3 is 5.32 Å². The maximum atomic E-state index is 13.1. The predicted molar refractivity (Wildman–Crippen MR) is 117 cm³/mol. The molecule has 2 aliphatic heterocycles. The highest BCUT2D eigenvalue weighted by Crippen LogP contribution is 2.35. The highest BCUT2D eigenvalue weighted by molar-refractivity contribution is 7.89. The average molecular weight is 463 g/mol. The summed E-state index contributed by atoms with van der Waals surface area (Å²) >= 11 is 0. The summed E-state index contributed by atoms with van der Waals surface area (Å²) in [5.74, 6) is -0.679. The van der Waals surface area contributed by atoms with Crippen LogP contribution < -0.4 is 10.7 Å². The van der Waals surface area contributed by atoms with Gasteiger partial charge in [-0.2, -0.15) is 9.31 Å². The van der Waals surface area contributed by atoms with Crippen LogP contribution in [-0.2, 0) is 14.8 Å². The van der Waals surface area contributed by atoms with Crippen LogP contribution in [0.5, 0.6) is 0 Å². The molecule has 1 aromatic rings. The first-order valence-corrected chi connectivity index (χ1v) is 12.7. The van der Waals surface area contributed by atoms with E-state index in [9.17, 15) is 22.8 Å². The van der Waals surface area contributed by atoms with Crippen molar-refractivity contribution >= 4 is 27.9 Å². The molecular weight excluding hydrogens is 432 g/mol. The van der Waals surface area contributed by atoms with Gasteiger partial charge in [-0.25, -0.2) is 13.2 Å². The van der Waals surface area contributed by atoms with E-state index in [1.54, 1.807) is 0 Å². The number of carbonyl (C=O) groups excluding carboxylic acids is 3. The first kappa shape index (κ1) is 22.7. The van der Waals surface area contributed by atoms with Crippen molar-refractivity contribution < 1.29 is 22.8 Å². The second-order valence-corrected chi connectivity index (χ2v) is 11.1. The number of amides is 4. The predicted octanol–water partition coefficient (Wildman–Crippen LogP) is 2.40. The maximum Gasteiger partial charge on any atom is 0.344 e. The summed E-state index contributed by atoms with van der Waals surface area (Å²) in [7, 11) is -3.72. The van der Waals surface area contributed by atoms with Gasteiger partial charge in [-0.1, -0.05) is 25.8 Å². The number of hydrogen-bond donors (Lipinski definition) is 2. The fraction of sp³-hybridized carbons (Fsp3) is 0.591. The van der Waals surface area contributed by atoms with Gasteiger partial charge in [0.05, 0.1) is 4.90 Å². The van der Waals surface area contributed by atoms with Crippen LogP contribution in [0.1, 0.15) is 68.6 Å². The molecule has 0 unspecified atom stereocenters. The van der Waals surface area contributed by atoms with Crippen LogP contribution in [-0.4, -0.2) is 54.2 Å². The number of nitrogens with zero attached hydrogens (tertiary/aromatic N) is 2. The van der Waals surface area contributed by atoms with E-state index in [4.69, 9.17) is 0 Å². The second-order valence-electron chi connectivity index (χ2n) is 9.12. The molecule has 2 N–H and O–H groups in total. The molecule has 2 heterocycles. The zero-order valence-electron chi connectivity index (χ0n) is 18.3. The molecule has 174 valence electrons. The van der Waals surface area contributed by atoms with Crippen LogP contribution >= 0.6 is 0 Å². The smallest absolute Gasteiger partial charge is 0.322 e. The molecule has 32 heavy (non-hydrogen) atoms. The van der Waals surface area contributed by atoms with Gasteiger partial charge in [-0.05, 0) is 62.6 Å². The number of hydrazine groups is 1. The number of imide groups is 1. The summed E-state index contributed by atoms with van der Waals surface area (Å²) in [6.07, 6.45) is 6.34. The molecule has 4 amide bonds. The van der Waals surface area contributed by atoms with Crippen LogP contribution in [0, 0.1) is 5.92 Å². The van der Waals surface area contributed by atoms with Crippen molar-refractivity contribution in [2.45, 2.75) is 68.7 Å². The van der Waals surface area contributed by atoms with Gasteiger partial charge in [0.15, 0.2) is 0 Å². The van der Waals surface area contributed by atoms with E-state index in [2.05, 4.69) is 17.7 Å². The van der Waals surface area contributed by atoms with Crippen molar-refractivity contribution in [2.75, 3.05) is 13.1 Å². The number of urea groups is 1. The van der Waals surface area contributed by atoms with E-state index in [-0.39, 0.29) is 10.5 Å². The summed E-state index contributed by atoms with van der Waals surface area (Å²) in [6.45, 7) is 3.03. The van der Waals surface area contributed by atoms with Gasteiger partial charge >= 0.3 is 6.03 Å². The van der Waals surface area contributed by atoms with Gasteiger partial charge in [0.25, 0.3) is 11.8 Å². The molecule has 3 fully saturated rings. The monoisotopic (exact) mass is 462 g/mol. The molecule has 0 atom stereocenters. The van der Waals surface area contributed by atoms with E-state index in [0.717, 1.165) is 43.5 Å². The van der Waals surface area contributed by atoms with Crippen molar-refractivity contribution in [3.63, 3.8) is 0 Å². The Kier molecular flexibility index (Phi) is 6.26. The first-order chi connectivity index (χ1) is 15.2. The summed E-state index contributed by atoms with van der Waals surface area (Å²) in [6, 6.07) is 5.06. The molecule has 0 aromatic heterocycles. The molecular formula is C22H30N4O5S. The lowest BCUT2D eigenvalue weighted by atomic mass is 9.77. The highest BCUT2D eigenvalue weighted by Gasteiger charge is 2.53. The molecule has 0 radical (unpaired) electrons. The molecule has 1 saturated carbocycles. The van der Waals surface area contributed by atoms with Crippen LogP contribution in [0.3, 0.4) is 0 Å². The molecule has 1 aromatic carbocycles. The van der Waals surface area contributed by atoms with Crippen LogP contribution in [0.2, 0.25) is 0 Å². The molecule has 3 aliphatic rings. The van der Waals surface area contributed by atoms with Crippen molar-refractivity contribution in [3.8, 4) is 0 Å². The van der Waals surface area contributed by atoms with Gasteiger partial charge in [0.1, 0.15) is 5.54 Å². The Bertz CT molecular complexity index is 1010. The van der Waals surface area contributed by atoms with E-state index < -0.39 is 33.4 Å². The van der Waals surface area contributed by atoms with Crippen LogP contribution in [0.4, 0.5) is 4.79 Å². The minimum absolute atomic E-state index is 0.0296. The third kappa shape index (κ3) is 4.25. The van der Waals surface area contributed by atoms with E-state index in [0.29, 0.717) is 31.8 Å². The molecule has 9 nitrogen and oxygen atoms in total. The largest absolute Gasteiger partial charge is 0.344 e. The number of rotatable bonds is 4. The topological polar surface area (TPSA) is 116 Å². The number of nitrogens with one attached hydrogen (secondary N) is 2. The van der Waals surface area contributed by atoms with Crippen LogP contribution in [0.25, 0.3) is 0 Å². The van der Waals surface area contributed by atoms with Gasteiger partial charge in [-0.3, -0.25) is 15.0 Å². The van der Waals surface area contributed by atoms with Gasteiger partial charge in [0.2, 0.25) is 10.0 Å². The molecule has 10 heteroatoms. The minimum atomic E-state index is -3.72. The fourth-order valence-corrected chi connectivity index (χ4v) is 6.27. The standard InChI is InChI=1S/C22H30N4O5S/c1-16-9-11-22(12-10-16)20(28)26(21(29)23-22)24-19(27)17-7-6-8-18(15-17)32(30,31)25-13-4-2-3-5-14-25/h6-8,15-16H,2-5,9-14H2,1H3,(H,23,29)(H,24,27). The maximum absolute atomic E-state index is 13.1. The molecule has 1 aliphatic carbocycles. The van der Waals surface area contributed by atoms with Gasteiger partial charge in [0, 0.05) is 18.7 Å². The average Bonchev–Trinajstić information content (AvgIpc) is 2.98. The summed E-state index contributed by atoms with van der Waals surface area (Å²) < 4.78 is 27.6. The van der Waals surface area contributed by atoms with Crippen molar-refractivity contribution in [1.29, 1.82) is 0 Å². The third-order valence-electron chi connectivity index (χ3n) is 6.80. The van der Waals surface area contributed by atoms with Crippen molar-refractivity contribution in [3.05, 3.63) is 29.8 Å². The Hall–Kier alpha value is -2.46. The minimum Gasteiger partial charge on any atom is -0.322 e. The Morgan fingerprint density at radius 1 is 1.09 bits per heavy atom. The van der Waals surface area contributed by atoms with E-state index in [1.807, 2.05) is 0 Å². The normalized spacial score (nSPS) is 27.3. The second kappa shape index (κ2) is 8.82. The number of hydrogen-bond acceptors (Lipinski definition) is 5. The van der Waals surface area contributed by atoms with Crippen LogP contribution in [0.15, 0.2) is 29.2 Å². The number of benzene rings is 1. The Morgan fingerprint density at radius 2 is 1.75 bits per heavy atom. The summed E-state index contributed by atoms with van der Waals surface area (Å²) in [5, 5.41) is 3.48. The molecule has 0 bridgehead atoms.